The Bertz CT molecular complexity index is 1110. The van der Waals surface area contributed by atoms with Gasteiger partial charge in [-0.05, 0) is 37.8 Å². The number of aliphatic hydroxyl groups excluding tert-OH is 1. The molecule has 0 radical (unpaired) electrons. The normalized spacial score (nSPS) is 30.8. The highest BCUT2D eigenvalue weighted by molar-refractivity contribution is 6.34. The maximum absolute atomic E-state index is 14.5. The maximum Gasteiger partial charge on any atom is 0.313 e. The van der Waals surface area contributed by atoms with Crippen LogP contribution in [-0.2, 0) is 23.9 Å². The molecule has 6 atom stereocenters. The second-order valence-corrected chi connectivity index (χ2v) is 11.0. The fraction of sp³-hybridized carbons (Fsp3) is 0.536. The minimum Gasteiger partial charge on any atom is -0.461 e. The smallest absolute Gasteiger partial charge is 0.313 e. The van der Waals surface area contributed by atoms with Crippen LogP contribution in [0.5, 0.6) is 0 Å². The van der Waals surface area contributed by atoms with Crippen LogP contribution in [0.4, 0.5) is 5.69 Å². The van der Waals surface area contributed by atoms with E-state index in [1.165, 1.54) is 15.9 Å². The van der Waals surface area contributed by atoms with Crippen molar-refractivity contribution in [3.63, 3.8) is 0 Å². The Morgan fingerprint density at radius 2 is 2.00 bits per heavy atom. The van der Waals surface area contributed by atoms with Crippen LogP contribution < -0.4 is 4.90 Å². The molecule has 1 aromatic rings. The molecule has 0 saturated carbocycles. The third-order valence-corrected chi connectivity index (χ3v) is 8.40. The lowest BCUT2D eigenvalue weighted by molar-refractivity contribution is -0.160. The maximum atomic E-state index is 14.5. The molecule has 3 aliphatic heterocycles. The molecular weight excluding hydrogens is 496 g/mol. The number of aliphatic hydroxyl groups is 1. The first kappa shape index (κ1) is 27.4. The van der Waals surface area contributed by atoms with Crippen molar-refractivity contribution >= 4 is 35.1 Å². The summed E-state index contributed by atoms with van der Waals surface area (Å²) in [5.41, 5.74) is -1.72. The van der Waals surface area contributed by atoms with Gasteiger partial charge in [-0.1, -0.05) is 56.3 Å². The van der Waals surface area contributed by atoms with Gasteiger partial charge >= 0.3 is 5.97 Å². The number of fused-ring (bicyclic) bond motifs is 1. The fourth-order valence-corrected chi connectivity index (χ4v) is 6.70. The Hall–Kier alpha value is -2.68. The van der Waals surface area contributed by atoms with Crippen molar-refractivity contribution < 1.29 is 29.0 Å². The highest BCUT2D eigenvalue weighted by atomic mass is 35.5. The van der Waals surface area contributed by atoms with Gasteiger partial charge in [0.2, 0.25) is 5.91 Å². The molecular formula is C28H35ClN2O6. The largest absolute Gasteiger partial charge is 0.461 e. The molecule has 3 heterocycles. The summed E-state index contributed by atoms with van der Waals surface area (Å²) in [7, 11) is 0. The predicted octanol–water partition coefficient (Wildman–Crippen LogP) is 3.37. The molecule has 200 valence electrons. The van der Waals surface area contributed by atoms with Gasteiger partial charge in [0.25, 0.3) is 5.91 Å². The molecule has 2 unspecified atom stereocenters. The second-order valence-electron chi connectivity index (χ2n) is 10.6. The highest BCUT2D eigenvalue weighted by Crippen LogP contribution is 2.64. The number of hydrogen-bond donors (Lipinski definition) is 1. The first-order chi connectivity index (χ1) is 17.6. The summed E-state index contributed by atoms with van der Waals surface area (Å²) in [5.74, 6) is -3.28. The number of carbonyl (C=O) groups excluding carboxylic acids is 3. The zero-order chi connectivity index (χ0) is 27.1. The van der Waals surface area contributed by atoms with E-state index in [4.69, 9.17) is 21.1 Å². The van der Waals surface area contributed by atoms with Gasteiger partial charge < -0.3 is 24.4 Å². The number of ether oxygens (including phenoxy) is 2. The molecule has 0 aromatic heterocycles. The minimum atomic E-state index is -1.25. The van der Waals surface area contributed by atoms with Gasteiger partial charge in [-0.25, -0.2) is 0 Å². The molecule has 37 heavy (non-hydrogen) atoms. The number of nitrogens with zero attached hydrogens (tertiary/aromatic N) is 2. The molecule has 0 aliphatic carbocycles. The van der Waals surface area contributed by atoms with E-state index in [0.29, 0.717) is 23.6 Å². The Kier molecular flexibility index (Phi) is 7.57. The van der Waals surface area contributed by atoms with Crippen molar-refractivity contribution in [2.24, 2.45) is 17.8 Å². The number of amides is 2. The van der Waals surface area contributed by atoms with E-state index in [1.54, 1.807) is 37.3 Å². The Balaban J connectivity index is 1.86. The average molecular weight is 531 g/mol. The molecule has 3 saturated heterocycles. The van der Waals surface area contributed by atoms with Crippen LogP contribution in [0.1, 0.15) is 33.6 Å². The first-order valence-corrected chi connectivity index (χ1v) is 13.0. The lowest BCUT2D eigenvalue weighted by Gasteiger charge is -2.40. The van der Waals surface area contributed by atoms with E-state index in [2.05, 4.69) is 13.2 Å². The number of halogens is 1. The Morgan fingerprint density at radius 3 is 2.59 bits per heavy atom. The topological polar surface area (TPSA) is 96.4 Å². The zero-order valence-corrected chi connectivity index (χ0v) is 22.3. The summed E-state index contributed by atoms with van der Waals surface area (Å²) in [6.45, 7) is 12.8. The quantitative estimate of drug-likeness (QED) is 0.368. The number of benzene rings is 1. The predicted molar refractivity (Wildman–Crippen MR) is 140 cm³/mol. The molecule has 2 bridgehead atoms. The van der Waals surface area contributed by atoms with Gasteiger partial charge in [0.15, 0.2) is 0 Å². The van der Waals surface area contributed by atoms with Crippen molar-refractivity contribution in [1.29, 1.82) is 0 Å². The van der Waals surface area contributed by atoms with Crippen LogP contribution >= 0.6 is 11.6 Å². The van der Waals surface area contributed by atoms with Gasteiger partial charge in [0, 0.05) is 6.54 Å². The zero-order valence-electron chi connectivity index (χ0n) is 21.6. The molecule has 9 heteroatoms. The van der Waals surface area contributed by atoms with E-state index in [9.17, 15) is 19.5 Å². The SMILES string of the molecule is C=CCOC(=O)[C@@H]1[C@H]2C(=O)N([C@@H](CO)C(C)C)C(C(=O)N(CC=C)c3ccccc3Cl)C23CC[C@@]1(C)O3. The van der Waals surface area contributed by atoms with E-state index < -0.39 is 47.0 Å². The summed E-state index contributed by atoms with van der Waals surface area (Å²) in [5, 5.41) is 10.7. The van der Waals surface area contributed by atoms with Gasteiger partial charge in [-0.2, -0.15) is 0 Å². The Morgan fingerprint density at radius 1 is 1.30 bits per heavy atom. The van der Waals surface area contributed by atoms with E-state index in [0.717, 1.165) is 0 Å². The lowest BCUT2D eigenvalue weighted by atomic mass is 9.66. The standard InChI is InChI=1S/C28H35ClN2O6/c1-6-14-30(19-11-9-8-10-18(19)29)25(34)23-28-13-12-27(5,37-28)22(26(35)36-15-7-2)21(28)24(33)31(23)20(16-32)17(3)4/h6-11,17,20-23,32H,1-2,12-16H2,3-5H3/t20-,21-,22-,23?,27+,28?/m0/s1. The summed E-state index contributed by atoms with van der Waals surface area (Å²) < 4.78 is 12.0. The molecule has 1 aromatic carbocycles. The minimum absolute atomic E-state index is 0.0102. The number of likely N-dealkylation sites (tertiary alicyclic amines) is 1. The van der Waals surface area contributed by atoms with Gasteiger partial charge in [0.1, 0.15) is 24.2 Å². The summed E-state index contributed by atoms with van der Waals surface area (Å²) in [4.78, 5) is 44.9. The summed E-state index contributed by atoms with van der Waals surface area (Å²) in [6.07, 6.45) is 3.96. The van der Waals surface area contributed by atoms with Crippen molar-refractivity contribution in [3.05, 3.63) is 54.6 Å². The van der Waals surface area contributed by atoms with E-state index >= 15 is 0 Å². The number of hydrogen-bond acceptors (Lipinski definition) is 6. The molecule has 1 N–H and O–H groups in total. The summed E-state index contributed by atoms with van der Waals surface area (Å²) >= 11 is 6.49. The van der Waals surface area contributed by atoms with Crippen LogP contribution in [0.2, 0.25) is 5.02 Å². The Labute approximate surface area is 222 Å². The number of carbonyl (C=O) groups is 3. The number of para-hydroxylation sites is 1. The monoisotopic (exact) mass is 530 g/mol. The first-order valence-electron chi connectivity index (χ1n) is 12.7. The van der Waals surface area contributed by atoms with E-state index in [1.807, 2.05) is 13.8 Å². The van der Waals surface area contributed by atoms with Gasteiger partial charge in [-0.3, -0.25) is 14.4 Å². The van der Waals surface area contributed by atoms with Crippen molar-refractivity contribution in [3.8, 4) is 0 Å². The van der Waals surface area contributed by atoms with Crippen molar-refractivity contribution in [1.82, 2.24) is 4.90 Å². The highest BCUT2D eigenvalue weighted by Gasteiger charge is 2.79. The molecule has 1 spiro atoms. The van der Waals surface area contributed by atoms with Crippen LogP contribution in [-0.4, -0.2) is 70.8 Å². The number of rotatable bonds is 10. The molecule has 8 nitrogen and oxygen atoms in total. The number of esters is 1. The molecule has 4 rings (SSSR count). The second kappa shape index (κ2) is 10.2. The molecule has 2 amide bonds. The van der Waals surface area contributed by atoms with E-state index in [-0.39, 0.29) is 31.6 Å². The molecule has 3 aliphatic rings. The lowest BCUT2D eigenvalue weighted by Crippen LogP contribution is -2.60. The third kappa shape index (κ3) is 4.19. The third-order valence-electron chi connectivity index (χ3n) is 8.08. The van der Waals surface area contributed by atoms with Crippen LogP contribution in [0, 0.1) is 17.8 Å². The van der Waals surface area contributed by atoms with Gasteiger partial charge in [-0.15, -0.1) is 6.58 Å². The average Bonchev–Trinajstić information content (AvgIpc) is 3.42. The summed E-state index contributed by atoms with van der Waals surface area (Å²) in [6, 6.07) is 5.24. The van der Waals surface area contributed by atoms with Crippen molar-refractivity contribution in [2.75, 3.05) is 24.7 Å². The van der Waals surface area contributed by atoms with Crippen LogP contribution in [0.25, 0.3) is 0 Å². The fourth-order valence-electron chi connectivity index (χ4n) is 6.46. The van der Waals surface area contributed by atoms with Crippen LogP contribution in [0.15, 0.2) is 49.6 Å². The number of anilines is 1. The van der Waals surface area contributed by atoms with Gasteiger partial charge in [0.05, 0.1) is 34.9 Å². The van der Waals surface area contributed by atoms with Crippen LogP contribution in [0.3, 0.4) is 0 Å². The van der Waals surface area contributed by atoms with Crippen molar-refractivity contribution in [2.45, 2.75) is 56.9 Å². The molecule has 3 fully saturated rings.